The lowest BCUT2D eigenvalue weighted by molar-refractivity contribution is -0.137. The molecular weight excluding hydrogens is 452 g/mol. The normalized spacial score (nSPS) is 19.1. The van der Waals surface area contributed by atoms with Crippen molar-refractivity contribution in [3.63, 3.8) is 0 Å². The fraction of sp³-hybridized carbons (Fsp3) is 0.500. The van der Waals surface area contributed by atoms with Gasteiger partial charge in [-0.2, -0.15) is 0 Å². The molecule has 34 heavy (non-hydrogen) atoms. The van der Waals surface area contributed by atoms with Crippen molar-refractivity contribution in [1.29, 1.82) is 0 Å². The van der Waals surface area contributed by atoms with E-state index in [0.717, 1.165) is 57.7 Å². The van der Waals surface area contributed by atoms with Crippen LogP contribution < -0.4 is 0 Å². The van der Waals surface area contributed by atoms with Crippen LogP contribution >= 0.6 is 11.6 Å². The molecule has 2 aliphatic rings. The topological polar surface area (TPSA) is 66.0 Å². The largest absolute Gasteiger partial charge is 0.379 e. The average molecular weight is 485 g/mol. The number of likely N-dealkylation sites (tertiary alicyclic amines) is 1. The van der Waals surface area contributed by atoms with E-state index in [9.17, 15) is 9.59 Å². The highest BCUT2D eigenvalue weighted by molar-refractivity contribution is 6.30. The first-order valence-electron chi connectivity index (χ1n) is 12.1. The Hall–Kier alpha value is -2.48. The number of morpholine rings is 1. The molecule has 2 amide bonds. The zero-order valence-corrected chi connectivity index (χ0v) is 20.3. The summed E-state index contributed by atoms with van der Waals surface area (Å²) in [6.45, 7) is 6.79. The van der Waals surface area contributed by atoms with Gasteiger partial charge in [-0.15, -0.1) is 0 Å². The first-order valence-corrected chi connectivity index (χ1v) is 12.5. The van der Waals surface area contributed by atoms with Crippen LogP contribution in [0.5, 0.6) is 0 Å². The lowest BCUT2D eigenvalue weighted by Gasteiger charge is -2.35. The molecule has 0 bridgehead atoms. The van der Waals surface area contributed by atoms with Gasteiger partial charge in [0.05, 0.1) is 19.1 Å². The molecule has 1 aromatic heterocycles. The number of aromatic nitrogens is 1. The SMILES string of the molecule is O=C(c1ccc(Cl)cc1)N1CCCC(C(=O)N(CCCN2CCOCC2)Cc2ccncc2)C1. The van der Waals surface area contributed by atoms with Gasteiger partial charge in [-0.25, -0.2) is 0 Å². The van der Waals surface area contributed by atoms with Crippen molar-refractivity contribution in [2.24, 2.45) is 5.92 Å². The van der Waals surface area contributed by atoms with Gasteiger partial charge < -0.3 is 14.5 Å². The van der Waals surface area contributed by atoms with Crippen molar-refractivity contribution in [3.05, 3.63) is 64.9 Å². The number of piperidine rings is 1. The third kappa shape index (κ3) is 6.78. The smallest absolute Gasteiger partial charge is 0.253 e. The molecule has 2 aliphatic heterocycles. The van der Waals surface area contributed by atoms with Crippen molar-refractivity contribution in [1.82, 2.24) is 19.7 Å². The molecule has 7 nitrogen and oxygen atoms in total. The number of hydrogen-bond acceptors (Lipinski definition) is 5. The molecule has 0 spiro atoms. The van der Waals surface area contributed by atoms with Gasteiger partial charge in [-0.3, -0.25) is 19.5 Å². The molecule has 182 valence electrons. The number of carbonyl (C=O) groups is 2. The summed E-state index contributed by atoms with van der Waals surface area (Å²) in [5.74, 6) is -0.0928. The molecule has 2 saturated heterocycles. The Morgan fingerprint density at radius 3 is 2.53 bits per heavy atom. The molecule has 0 aliphatic carbocycles. The maximum Gasteiger partial charge on any atom is 0.253 e. The molecule has 3 heterocycles. The predicted molar refractivity (Wildman–Crippen MR) is 132 cm³/mol. The number of rotatable bonds is 8. The van der Waals surface area contributed by atoms with Crippen molar-refractivity contribution in [2.75, 3.05) is 52.5 Å². The number of pyridine rings is 1. The average Bonchev–Trinajstić information content (AvgIpc) is 2.89. The van der Waals surface area contributed by atoms with Gasteiger partial charge >= 0.3 is 0 Å². The van der Waals surface area contributed by atoms with Gasteiger partial charge in [0.25, 0.3) is 5.91 Å². The van der Waals surface area contributed by atoms with E-state index in [-0.39, 0.29) is 17.7 Å². The Balaban J connectivity index is 1.40. The van der Waals surface area contributed by atoms with Crippen molar-refractivity contribution >= 4 is 23.4 Å². The standard InChI is InChI=1S/C26H33ClN4O3/c27-24-6-4-22(5-7-24)25(32)31-13-1-3-23(20-31)26(33)30(19-21-8-10-28-11-9-21)14-2-12-29-15-17-34-18-16-29/h4-11,23H,1-3,12-20H2. The summed E-state index contributed by atoms with van der Waals surface area (Å²) in [6.07, 6.45) is 6.07. The van der Waals surface area contributed by atoms with Crippen LogP contribution in [0.25, 0.3) is 0 Å². The third-order valence-corrected chi connectivity index (χ3v) is 6.84. The highest BCUT2D eigenvalue weighted by Gasteiger charge is 2.31. The molecule has 1 unspecified atom stereocenters. The highest BCUT2D eigenvalue weighted by atomic mass is 35.5. The van der Waals surface area contributed by atoms with Crippen molar-refractivity contribution in [3.8, 4) is 0 Å². The van der Waals surface area contributed by atoms with Gasteiger partial charge in [0, 0.05) is 68.8 Å². The monoisotopic (exact) mass is 484 g/mol. The third-order valence-electron chi connectivity index (χ3n) is 6.59. The number of benzene rings is 1. The lowest BCUT2D eigenvalue weighted by atomic mass is 9.95. The van der Waals surface area contributed by atoms with E-state index in [2.05, 4.69) is 9.88 Å². The fourth-order valence-electron chi connectivity index (χ4n) is 4.68. The first kappa shape index (κ1) is 24.6. The molecule has 0 N–H and O–H groups in total. The molecule has 1 aromatic carbocycles. The van der Waals surface area contributed by atoms with Gasteiger partial charge in [0.2, 0.25) is 5.91 Å². The number of amides is 2. The van der Waals surface area contributed by atoms with Crippen LogP contribution in [-0.4, -0.2) is 84.0 Å². The van der Waals surface area contributed by atoms with E-state index in [0.29, 0.717) is 36.8 Å². The van der Waals surface area contributed by atoms with E-state index in [1.165, 1.54) is 0 Å². The van der Waals surface area contributed by atoms with Crippen LogP contribution in [0.2, 0.25) is 5.02 Å². The van der Waals surface area contributed by atoms with Crippen LogP contribution in [0.15, 0.2) is 48.8 Å². The van der Waals surface area contributed by atoms with E-state index in [1.54, 1.807) is 36.7 Å². The minimum absolute atomic E-state index is 0.0397. The molecule has 2 fully saturated rings. The Morgan fingerprint density at radius 1 is 1.06 bits per heavy atom. The first-order chi connectivity index (χ1) is 16.6. The summed E-state index contributed by atoms with van der Waals surface area (Å²) in [6, 6.07) is 10.9. The van der Waals surface area contributed by atoms with E-state index in [4.69, 9.17) is 16.3 Å². The molecule has 0 saturated carbocycles. The zero-order chi connectivity index (χ0) is 23.8. The predicted octanol–water partition coefficient (Wildman–Crippen LogP) is 3.34. The Morgan fingerprint density at radius 2 is 1.79 bits per heavy atom. The molecule has 1 atom stereocenters. The summed E-state index contributed by atoms with van der Waals surface area (Å²) in [7, 11) is 0. The summed E-state index contributed by atoms with van der Waals surface area (Å²) < 4.78 is 5.44. The maximum atomic E-state index is 13.7. The lowest BCUT2D eigenvalue weighted by Crippen LogP contribution is -2.47. The van der Waals surface area contributed by atoms with E-state index >= 15 is 0 Å². The molecular formula is C26H33ClN4O3. The Kier molecular flexibility index (Phi) is 8.91. The molecule has 8 heteroatoms. The maximum absolute atomic E-state index is 13.7. The fourth-order valence-corrected chi connectivity index (χ4v) is 4.81. The number of nitrogens with zero attached hydrogens (tertiary/aromatic N) is 4. The minimum Gasteiger partial charge on any atom is -0.379 e. The summed E-state index contributed by atoms with van der Waals surface area (Å²) >= 11 is 5.97. The van der Waals surface area contributed by atoms with Crippen LogP contribution in [0.1, 0.15) is 35.2 Å². The second kappa shape index (κ2) is 12.3. The number of ether oxygens (including phenoxy) is 1. The Labute approximate surface area is 206 Å². The van der Waals surface area contributed by atoms with Crippen molar-refractivity contribution in [2.45, 2.75) is 25.8 Å². The highest BCUT2D eigenvalue weighted by Crippen LogP contribution is 2.22. The number of carbonyl (C=O) groups excluding carboxylic acids is 2. The summed E-state index contributed by atoms with van der Waals surface area (Å²) in [5, 5.41) is 0.604. The molecule has 4 rings (SSSR count). The number of halogens is 1. The Bertz CT molecular complexity index is 935. The van der Waals surface area contributed by atoms with E-state index in [1.807, 2.05) is 21.9 Å². The number of hydrogen-bond donors (Lipinski definition) is 0. The zero-order valence-electron chi connectivity index (χ0n) is 19.6. The summed E-state index contributed by atoms with van der Waals surface area (Å²) in [4.78, 5) is 37.0. The van der Waals surface area contributed by atoms with Crippen molar-refractivity contribution < 1.29 is 14.3 Å². The summed E-state index contributed by atoms with van der Waals surface area (Å²) in [5.41, 5.74) is 1.68. The van der Waals surface area contributed by atoms with Gasteiger partial charge in [-0.1, -0.05) is 11.6 Å². The quantitative estimate of drug-likeness (QED) is 0.575. The molecule has 2 aromatic rings. The second-order valence-electron chi connectivity index (χ2n) is 9.02. The minimum atomic E-state index is -0.185. The van der Waals surface area contributed by atoms with E-state index < -0.39 is 0 Å². The molecule has 0 radical (unpaired) electrons. The van der Waals surface area contributed by atoms with Crippen LogP contribution in [-0.2, 0) is 16.1 Å². The second-order valence-corrected chi connectivity index (χ2v) is 9.46. The van der Waals surface area contributed by atoms with Crippen LogP contribution in [0, 0.1) is 5.92 Å². The van der Waals surface area contributed by atoms with Crippen LogP contribution in [0.4, 0.5) is 0 Å². The van der Waals surface area contributed by atoms with Gasteiger partial charge in [0.15, 0.2) is 0 Å². The van der Waals surface area contributed by atoms with Gasteiger partial charge in [-0.05, 0) is 61.2 Å². The van der Waals surface area contributed by atoms with Crippen LogP contribution in [0.3, 0.4) is 0 Å². The van der Waals surface area contributed by atoms with Gasteiger partial charge in [0.1, 0.15) is 0 Å².